The smallest absolute Gasteiger partial charge is 0.272 e. The Kier molecular flexibility index (Phi) is 5.46. The number of carbonyl (C=O) groups is 1. The number of hydrogen-bond acceptors (Lipinski definition) is 3. The minimum atomic E-state index is -0.00274. The van der Waals surface area contributed by atoms with Crippen molar-refractivity contribution in [2.24, 2.45) is 0 Å². The zero-order valence-electron chi connectivity index (χ0n) is 10.9. The molecule has 0 saturated carbocycles. The van der Waals surface area contributed by atoms with E-state index in [-0.39, 0.29) is 5.91 Å². The van der Waals surface area contributed by atoms with E-state index < -0.39 is 0 Å². The molecule has 94 valence electrons. The van der Waals surface area contributed by atoms with Crippen LogP contribution < -0.4 is 5.32 Å². The van der Waals surface area contributed by atoms with Crippen LogP contribution in [0.4, 0.5) is 5.69 Å². The van der Waals surface area contributed by atoms with E-state index in [0.717, 1.165) is 18.7 Å². The normalized spacial score (nSPS) is 10.1. The number of carbonyl (C=O) groups excluding carboxylic acids is 1. The van der Waals surface area contributed by atoms with Crippen LogP contribution in [0.15, 0.2) is 18.3 Å². The highest BCUT2D eigenvalue weighted by molar-refractivity contribution is 5.92. The SMILES string of the molecule is CCCNc1ccc(C(=O)N(CC)CC)nc1. The van der Waals surface area contributed by atoms with Gasteiger partial charge in [0.15, 0.2) is 0 Å². The van der Waals surface area contributed by atoms with Gasteiger partial charge in [-0.05, 0) is 32.4 Å². The number of pyridine rings is 1. The Morgan fingerprint density at radius 2 is 2.00 bits per heavy atom. The van der Waals surface area contributed by atoms with Crippen LogP contribution in [0.2, 0.25) is 0 Å². The molecule has 1 heterocycles. The second-order valence-corrected chi connectivity index (χ2v) is 3.84. The quantitative estimate of drug-likeness (QED) is 0.823. The average molecular weight is 235 g/mol. The lowest BCUT2D eigenvalue weighted by molar-refractivity contribution is 0.0767. The molecule has 17 heavy (non-hydrogen) atoms. The van der Waals surface area contributed by atoms with Crippen molar-refractivity contribution < 1.29 is 4.79 Å². The van der Waals surface area contributed by atoms with Gasteiger partial charge in [0.2, 0.25) is 0 Å². The van der Waals surface area contributed by atoms with Crippen LogP contribution in [0.3, 0.4) is 0 Å². The highest BCUT2D eigenvalue weighted by atomic mass is 16.2. The molecule has 1 amide bonds. The lowest BCUT2D eigenvalue weighted by atomic mass is 10.3. The van der Waals surface area contributed by atoms with Crippen LogP contribution in [0.25, 0.3) is 0 Å². The Labute approximate surface area is 103 Å². The van der Waals surface area contributed by atoms with Crippen molar-refractivity contribution in [3.8, 4) is 0 Å². The van der Waals surface area contributed by atoms with E-state index in [1.165, 1.54) is 0 Å². The minimum absolute atomic E-state index is 0.00274. The Bertz CT molecular complexity index is 344. The fourth-order valence-electron chi connectivity index (χ4n) is 1.57. The summed E-state index contributed by atoms with van der Waals surface area (Å²) in [5, 5.41) is 3.23. The predicted molar refractivity (Wildman–Crippen MR) is 70.3 cm³/mol. The standard InChI is InChI=1S/C13H21N3O/c1-4-9-14-11-7-8-12(15-10-11)13(17)16(5-2)6-3/h7-8,10,14H,4-6,9H2,1-3H3. The molecule has 0 fully saturated rings. The van der Waals surface area contributed by atoms with Crippen molar-refractivity contribution in [3.63, 3.8) is 0 Å². The summed E-state index contributed by atoms with van der Waals surface area (Å²) < 4.78 is 0. The summed E-state index contributed by atoms with van der Waals surface area (Å²) in [6.07, 6.45) is 2.78. The molecule has 0 radical (unpaired) electrons. The van der Waals surface area contributed by atoms with Gasteiger partial charge in [0.25, 0.3) is 5.91 Å². The van der Waals surface area contributed by atoms with E-state index in [4.69, 9.17) is 0 Å². The maximum Gasteiger partial charge on any atom is 0.272 e. The van der Waals surface area contributed by atoms with Gasteiger partial charge in [-0.2, -0.15) is 0 Å². The predicted octanol–water partition coefficient (Wildman–Crippen LogP) is 2.39. The molecule has 4 nitrogen and oxygen atoms in total. The molecule has 0 aliphatic heterocycles. The molecule has 0 unspecified atom stereocenters. The second-order valence-electron chi connectivity index (χ2n) is 3.84. The van der Waals surface area contributed by atoms with Crippen LogP contribution >= 0.6 is 0 Å². The van der Waals surface area contributed by atoms with Crippen LogP contribution in [-0.2, 0) is 0 Å². The van der Waals surface area contributed by atoms with Crippen LogP contribution in [0, 0.1) is 0 Å². The van der Waals surface area contributed by atoms with Gasteiger partial charge in [0, 0.05) is 19.6 Å². The average Bonchev–Trinajstić information content (AvgIpc) is 2.38. The summed E-state index contributed by atoms with van der Waals surface area (Å²) in [6, 6.07) is 3.68. The Morgan fingerprint density at radius 3 is 2.47 bits per heavy atom. The van der Waals surface area contributed by atoms with E-state index >= 15 is 0 Å². The molecule has 0 aliphatic rings. The van der Waals surface area contributed by atoms with E-state index in [0.29, 0.717) is 18.8 Å². The van der Waals surface area contributed by atoms with Crippen molar-refractivity contribution in [3.05, 3.63) is 24.0 Å². The maximum absolute atomic E-state index is 12.0. The third kappa shape index (κ3) is 3.73. The monoisotopic (exact) mass is 235 g/mol. The van der Waals surface area contributed by atoms with Gasteiger partial charge in [0.1, 0.15) is 5.69 Å². The molecule has 0 aromatic carbocycles. The third-order valence-electron chi connectivity index (χ3n) is 2.61. The van der Waals surface area contributed by atoms with E-state index in [1.807, 2.05) is 19.9 Å². The fraction of sp³-hybridized carbons (Fsp3) is 0.538. The van der Waals surface area contributed by atoms with Crippen LogP contribution in [-0.4, -0.2) is 35.4 Å². The molecule has 1 aromatic heterocycles. The lowest BCUT2D eigenvalue weighted by Gasteiger charge is -2.18. The van der Waals surface area contributed by atoms with Crippen molar-refractivity contribution in [2.45, 2.75) is 27.2 Å². The van der Waals surface area contributed by atoms with Crippen LogP contribution in [0.1, 0.15) is 37.7 Å². The highest BCUT2D eigenvalue weighted by Crippen LogP contribution is 2.08. The number of amides is 1. The fourth-order valence-corrected chi connectivity index (χ4v) is 1.57. The molecule has 1 N–H and O–H groups in total. The van der Waals surface area contributed by atoms with Crippen molar-refractivity contribution in [1.82, 2.24) is 9.88 Å². The molecule has 0 atom stereocenters. The van der Waals surface area contributed by atoms with Gasteiger partial charge in [-0.25, -0.2) is 4.98 Å². The van der Waals surface area contributed by atoms with Crippen molar-refractivity contribution in [2.75, 3.05) is 25.0 Å². The van der Waals surface area contributed by atoms with Crippen molar-refractivity contribution in [1.29, 1.82) is 0 Å². The van der Waals surface area contributed by atoms with Gasteiger partial charge < -0.3 is 10.2 Å². The first-order valence-corrected chi connectivity index (χ1v) is 6.22. The van der Waals surface area contributed by atoms with E-state index in [9.17, 15) is 4.79 Å². The first-order chi connectivity index (χ1) is 8.22. The number of aromatic nitrogens is 1. The van der Waals surface area contributed by atoms with Crippen molar-refractivity contribution >= 4 is 11.6 Å². The molecule has 0 saturated heterocycles. The first-order valence-electron chi connectivity index (χ1n) is 6.22. The number of rotatable bonds is 6. The van der Waals surface area contributed by atoms with Gasteiger partial charge in [-0.3, -0.25) is 4.79 Å². The maximum atomic E-state index is 12.0. The zero-order chi connectivity index (χ0) is 12.7. The van der Waals surface area contributed by atoms with Gasteiger partial charge in [0.05, 0.1) is 11.9 Å². The molecule has 1 aromatic rings. The van der Waals surface area contributed by atoms with E-state index in [2.05, 4.69) is 17.2 Å². The number of hydrogen-bond donors (Lipinski definition) is 1. The Balaban J connectivity index is 2.69. The summed E-state index contributed by atoms with van der Waals surface area (Å²) in [7, 11) is 0. The van der Waals surface area contributed by atoms with Gasteiger partial charge in [-0.1, -0.05) is 6.92 Å². The van der Waals surface area contributed by atoms with Crippen LogP contribution in [0.5, 0.6) is 0 Å². The summed E-state index contributed by atoms with van der Waals surface area (Å²) in [5.74, 6) is -0.00274. The number of nitrogens with zero attached hydrogens (tertiary/aromatic N) is 2. The lowest BCUT2D eigenvalue weighted by Crippen LogP contribution is -2.31. The summed E-state index contributed by atoms with van der Waals surface area (Å²) in [6.45, 7) is 8.40. The Hall–Kier alpha value is -1.58. The number of anilines is 1. The van der Waals surface area contributed by atoms with Gasteiger partial charge in [-0.15, -0.1) is 0 Å². The topological polar surface area (TPSA) is 45.2 Å². The van der Waals surface area contributed by atoms with Gasteiger partial charge >= 0.3 is 0 Å². The van der Waals surface area contributed by atoms with E-state index in [1.54, 1.807) is 17.2 Å². The molecule has 0 aliphatic carbocycles. The summed E-state index contributed by atoms with van der Waals surface area (Å²) in [4.78, 5) is 17.9. The molecule has 0 spiro atoms. The molecule has 4 heteroatoms. The minimum Gasteiger partial charge on any atom is -0.384 e. The summed E-state index contributed by atoms with van der Waals surface area (Å²) >= 11 is 0. The molecular weight excluding hydrogens is 214 g/mol. The molecule has 0 bridgehead atoms. The highest BCUT2D eigenvalue weighted by Gasteiger charge is 2.13. The largest absolute Gasteiger partial charge is 0.384 e. The third-order valence-corrected chi connectivity index (χ3v) is 2.61. The second kappa shape index (κ2) is 6.89. The molecular formula is C13H21N3O. The first kappa shape index (κ1) is 13.5. The zero-order valence-corrected chi connectivity index (χ0v) is 10.9. The summed E-state index contributed by atoms with van der Waals surface area (Å²) in [5.41, 5.74) is 1.47. The molecule has 1 rings (SSSR count). The Morgan fingerprint density at radius 1 is 1.29 bits per heavy atom. The number of nitrogens with one attached hydrogen (secondary N) is 1.